The number of likely N-dealkylation sites (N-methyl/N-ethyl adjacent to an activating group) is 1. The van der Waals surface area contributed by atoms with Gasteiger partial charge in [-0.25, -0.2) is 4.68 Å². The number of carbonyl (C=O) groups excluding carboxylic acids is 1. The molecule has 0 N–H and O–H groups in total. The molecule has 0 spiro atoms. The fraction of sp³-hybridized carbons (Fsp3) is 0.500. The average Bonchev–Trinajstić information content (AvgIpc) is 3.32. The number of thioether (sulfide) groups is 1. The van der Waals surface area contributed by atoms with E-state index in [1.165, 1.54) is 17.3 Å². The topological polar surface area (TPSA) is 73.1 Å². The number of aromatic nitrogens is 4. The van der Waals surface area contributed by atoms with E-state index in [1.807, 2.05) is 35.9 Å². The number of amides is 1. The first kappa shape index (κ1) is 16.8. The van der Waals surface area contributed by atoms with Crippen molar-refractivity contribution in [3.8, 4) is 5.75 Å². The van der Waals surface area contributed by atoms with E-state index in [4.69, 9.17) is 4.74 Å². The lowest BCUT2D eigenvalue weighted by atomic mass is 10.2. The second-order valence-electron chi connectivity index (χ2n) is 5.90. The predicted molar refractivity (Wildman–Crippen MR) is 91.1 cm³/mol. The van der Waals surface area contributed by atoms with Crippen molar-refractivity contribution in [1.82, 2.24) is 25.1 Å². The summed E-state index contributed by atoms with van der Waals surface area (Å²) >= 11 is 1.38. The van der Waals surface area contributed by atoms with E-state index < -0.39 is 0 Å². The van der Waals surface area contributed by atoms with Gasteiger partial charge in [0.2, 0.25) is 11.1 Å². The van der Waals surface area contributed by atoms with Crippen molar-refractivity contribution in [3.63, 3.8) is 0 Å². The van der Waals surface area contributed by atoms with Crippen LogP contribution in [0.1, 0.15) is 24.4 Å². The monoisotopic (exact) mass is 347 g/mol. The molecule has 8 heteroatoms. The quantitative estimate of drug-likeness (QED) is 0.680. The molecular formula is C16H21N5O2S. The summed E-state index contributed by atoms with van der Waals surface area (Å²) in [4.78, 5) is 13.9. The Hall–Kier alpha value is -2.09. The molecule has 3 rings (SSSR count). The average molecular weight is 347 g/mol. The van der Waals surface area contributed by atoms with E-state index in [1.54, 1.807) is 11.9 Å². The molecular weight excluding hydrogens is 326 g/mol. The van der Waals surface area contributed by atoms with Crippen LogP contribution < -0.4 is 4.74 Å². The van der Waals surface area contributed by atoms with Gasteiger partial charge in [0.1, 0.15) is 12.4 Å². The molecule has 1 saturated carbocycles. The van der Waals surface area contributed by atoms with Gasteiger partial charge in [0.15, 0.2) is 0 Å². The van der Waals surface area contributed by atoms with Gasteiger partial charge in [0.05, 0.1) is 18.3 Å². The highest BCUT2D eigenvalue weighted by Crippen LogP contribution is 2.36. The van der Waals surface area contributed by atoms with E-state index in [0.717, 1.165) is 23.7 Å². The largest absolute Gasteiger partial charge is 0.492 e. The Morgan fingerprint density at radius 1 is 1.38 bits per heavy atom. The van der Waals surface area contributed by atoms with E-state index in [2.05, 4.69) is 15.5 Å². The van der Waals surface area contributed by atoms with Gasteiger partial charge in [0, 0.05) is 7.05 Å². The standard InChI is InChI=1S/C16H21N5O2S/c1-12-3-7-14(8-4-12)23-10-9-20(2)15(22)11-24-16-17-18-19-21(16)13-5-6-13/h3-4,7-8,13H,5-6,9-11H2,1-2H3. The van der Waals surface area contributed by atoms with Gasteiger partial charge in [0.25, 0.3) is 0 Å². The van der Waals surface area contributed by atoms with Gasteiger partial charge in [-0.15, -0.1) is 5.10 Å². The molecule has 1 amide bonds. The van der Waals surface area contributed by atoms with E-state index in [9.17, 15) is 4.79 Å². The molecule has 0 bridgehead atoms. The summed E-state index contributed by atoms with van der Waals surface area (Å²) < 4.78 is 7.47. The molecule has 1 aromatic heterocycles. The molecule has 0 saturated heterocycles. The molecule has 0 atom stereocenters. The van der Waals surface area contributed by atoms with Crippen LogP contribution in [0.25, 0.3) is 0 Å². The third-order valence-corrected chi connectivity index (χ3v) is 4.74. The molecule has 0 unspecified atom stereocenters. The normalized spacial score (nSPS) is 13.8. The maximum Gasteiger partial charge on any atom is 0.232 e. The highest BCUT2D eigenvalue weighted by atomic mass is 32.2. The number of carbonyl (C=O) groups is 1. The van der Waals surface area contributed by atoms with Crippen molar-refractivity contribution in [2.75, 3.05) is 26.0 Å². The molecule has 24 heavy (non-hydrogen) atoms. The molecule has 1 aliphatic rings. The molecule has 1 fully saturated rings. The Morgan fingerprint density at radius 3 is 2.83 bits per heavy atom. The minimum absolute atomic E-state index is 0.0397. The van der Waals surface area contributed by atoms with Crippen molar-refractivity contribution in [3.05, 3.63) is 29.8 Å². The number of rotatable bonds is 8. The first-order valence-electron chi connectivity index (χ1n) is 7.97. The lowest BCUT2D eigenvalue weighted by Crippen LogP contribution is -2.32. The molecule has 1 aromatic carbocycles. The molecule has 0 radical (unpaired) electrons. The van der Waals surface area contributed by atoms with Crippen LogP contribution in [0.4, 0.5) is 0 Å². The van der Waals surface area contributed by atoms with Crippen molar-refractivity contribution in [2.24, 2.45) is 0 Å². The van der Waals surface area contributed by atoms with Crippen molar-refractivity contribution >= 4 is 17.7 Å². The molecule has 7 nitrogen and oxygen atoms in total. The smallest absolute Gasteiger partial charge is 0.232 e. The van der Waals surface area contributed by atoms with E-state index in [-0.39, 0.29) is 5.91 Å². The molecule has 2 aromatic rings. The van der Waals surface area contributed by atoms with Crippen molar-refractivity contribution < 1.29 is 9.53 Å². The number of aryl methyl sites for hydroxylation is 1. The number of benzene rings is 1. The number of tetrazole rings is 1. The van der Waals surface area contributed by atoms with E-state index in [0.29, 0.717) is 24.9 Å². The second-order valence-corrected chi connectivity index (χ2v) is 6.85. The Balaban J connectivity index is 1.39. The Kier molecular flexibility index (Phi) is 5.34. The third-order valence-electron chi connectivity index (χ3n) is 3.82. The Labute approximate surface area is 145 Å². The molecule has 128 valence electrons. The second kappa shape index (κ2) is 7.65. The van der Waals surface area contributed by atoms with Crippen molar-refractivity contribution in [2.45, 2.75) is 31.0 Å². The zero-order chi connectivity index (χ0) is 16.9. The van der Waals surface area contributed by atoms with Gasteiger partial charge in [-0.2, -0.15) is 0 Å². The van der Waals surface area contributed by atoms with Gasteiger partial charge >= 0.3 is 0 Å². The third kappa shape index (κ3) is 4.47. The summed E-state index contributed by atoms with van der Waals surface area (Å²) in [7, 11) is 1.78. The summed E-state index contributed by atoms with van der Waals surface area (Å²) in [5.74, 6) is 1.19. The summed E-state index contributed by atoms with van der Waals surface area (Å²) in [5, 5.41) is 12.4. The summed E-state index contributed by atoms with van der Waals surface area (Å²) in [6.07, 6.45) is 2.23. The highest BCUT2D eigenvalue weighted by molar-refractivity contribution is 7.99. The highest BCUT2D eigenvalue weighted by Gasteiger charge is 2.28. The molecule has 1 heterocycles. The molecule has 1 aliphatic carbocycles. The number of hydrogen-bond donors (Lipinski definition) is 0. The lowest BCUT2D eigenvalue weighted by molar-refractivity contribution is -0.127. The summed E-state index contributed by atoms with van der Waals surface area (Å²) in [6.45, 7) is 3.05. The first-order valence-corrected chi connectivity index (χ1v) is 8.96. The predicted octanol–water partition coefficient (Wildman–Crippen LogP) is 1.95. The zero-order valence-electron chi connectivity index (χ0n) is 13.9. The van der Waals surface area contributed by atoms with Crippen LogP contribution in [0.15, 0.2) is 29.4 Å². The van der Waals surface area contributed by atoms with Crippen molar-refractivity contribution in [1.29, 1.82) is 0 Å². The van der Waals surface area contributed by atoms with Crippen LogP contribution in [-0.4, -0.2) is 57.0 Å². The van der Waals surface area contributed by atoms with Crippen LogP contribution in [0, 0.1) is 6.92 Å². The zero-order valence-corrected chi connectivity index (χ0v) is 14.7. The van der Waals surface area contributed by atoms with Crippen LogP contribution in [0.3, 0.4) is 0 Å². The fourth-order valence-corrected chi connectivity index (χ4v) is 3.01. The maximum atomic E-state index is 12.2. The van der Waals surface area contributed by atoms with Gasteiger partial charge in [-0.1, -0.05) is 29.5 Å². The van der Waals surface area contributed by atoms with Crippen LogP contribution in [0.2, 0.25) is 0 Å². The van der Waals surface area contributed by atoms with E-state index >= 15 is 0 Å². The Bertz CT molecular complexity index is 684. The van der Waals surface area contributed by atoms with Crippen LogP contribution >= 0.6 is 11.8 Å². The number of nitrogens with zero attached hydrogens (tertiary/aromatic N) is 5. The minimum Gasteiger partial charge on any atom is -0.492 e. The minimum atomic E-state index is 0.0397. The Morgan fingerprint density at radius 2 is 2.12 bits per heavy atom. The van der Waals surface area contributed by atoms with Crippen LogP contribution in [-0.2, 0) is 4.79 Å². The summed E-state index contributed by atoms with van der Waals surface area (Å²) in [6, 6.07) is 8.30. The van der Waals surface area contributed by atoms with Gasteiger partial charge in [-0.3, -0.25) is 4.79 Å². The van der Waals surface area contributed by atoms with Crippen LogP contribution in [0.5, 0.6) is 5.75 Å². The SMILES string of the molecule is Cc1ccc(OCCN(C)C(=O)CSc2nnnn2C2CC2)cc1. The first-order chi connectivity index (χ1) is 11.6. The fourth-order valence-electron chi connectivity index (χ4n) is 2.12. The number of hydrogen-bond acceptors (Lipinski definition) is 6. The van der Waals surface area contributed by atoms with Gasteiger partial charge in [-0.05, 0) is 42.3 Å². The maximum absolute atomic E-state index is 12.2. The number of ether oxygens (including phenoxy) is 1. The summed E-state index contributed by atoms with van der Waals surface area (Å²) in [5.41, 5.74) is 1.19. The molecule has 0 aliphatic heterocycles. The lowest BCUT2D eigenvalue weighted by Gasteiger charge is -2.17. The van der Waals surface area contributed by atoms with Gasteiger partial charge < -0.3 is 9.64 Å².